The van der Waals surface area contributed by atoms with Crippen molar-refractivity contribution >= 4 is 67.6 Å². The van der Waals surface area contributed by atoms with Crippen molar-refractivity contribution in [1.82, 2.24) is 9.88 Å². The summed E-state index contributed by atoms with van der Waals surface area (Å²) >= 11 is 15.6. The molecule has 2 aromatic carbocycles. The highest BCUT2D eigenvalue weighted by Gasteiger charge is 2.25. The van der Waals surface area contributed by atoms with Gasteiger partial charge in [-0.1, -0.05) is 40.6 Å². The Morgan fingerprint density at radius 3 is 2.67 bits per heavy atom. The summed E-state index contributed by atoms with van der Waals surface area (Å²) in [4.78, 5) is 22.9. The van der Waals surface area contributed by atoms with Gasteiger partial charge in [0, 0.05) is 36.1 Å². The van der Waals surface area contributed by atoms with Gasteiger partial charge in [-0.2, -0.15) is 0 Å². The predicted octanol–water partition coefficient (Wildman–Crippen LogP) is 5.29. The molecule has 140 valence electrons. The smallest absolute Gasteiger partial charge is 0.255 e. The molecule has 0 radical (unpaired) electrons. The van der Waals surface area contributed by atoms with Gasteiger partial charge in [0.15, 0.2) is 5.13 Å². The first-order chi connectivity index (χ1) is 13.1. The Bertz CT molecular complexity index is 1000. The quantitative estimate of drug-likeness (QED) is 0.521. The van der Waals surface area contributed by atoms with Crippen molar-refractivity contribution in [1.29, 1.82) is 0 Å². The van der Waals surface area contributed by atoms with E-state index in [9.17, 15) is 4.79 Å². The zero-order valence-electron chi connectivity index (χ0n) is 14.6. The summed E-state index contributed by atoms with van der Waals surface area (Å²) in [5.41, 5.74) is 1.52. The number of carbonyl (C=O) groups is 1. The van der Waals surface area contributed by atoms with E-state index in [1.165, 1.54) is 9.60 Å². The van der Waals surface area contributed by atoms with Crippen LogP contribution in [-0.4, -0.2) is 48.2 Å². The molecule has 4 nitrogen and oxygen atoms in total. The third kappa shape index (κ3) is 3.76. The second kappa shape index (κ2) is 7.87. The van der Waals surface area contributed by atoms with Crippen LogP contribution in [0.3, 0.4) is 0 Å². The molecule has 1 fully saturated rings. The van der Waals surface area contributed by atoms with Gasteiger partial charge in [0.25, 0.3) is 5.91 Å². The number of thioether (sulfide) groups is 1. The molecule has 1 aliphatic rings. The minimum atomic E-state index is -0.0730. The lowest BCUT2D eigenvalue weighted by atomic mass is 10.2. The van der Waals surface area contributed by atoms with Crippen LogP contribution in [0.4, 0.5) is 5.13 Å². The van der Waals surface area contributed by atoms with E-state index < -0.39 is 0 Å². The molecule has 4 rings (SSSR count). The summed E-state index contributed by atoms with van der Waals surface area (Å²) in [5, 5.41) is 1.96. The Morgan fingerprint density at radius 2 is 1.93 bits per heavy atom. The molecule has 3 aromatic rings. The van der Waals surface area contributed by atoms with Crippen LogP contribution in [0, 0.1) is 0 Å². The molecule has 0 aliphatic carbocycles. The number of thiazole rings is 1. The summed E-state index contributed by atoms with van der Waals surface area (Å²) < 4.78 is 1.20. The lowest BCUT2D eigenvalue weighted by molar-refractivity contribution is 0.0747. The molecule has 8 heteroatoms. The van der Waals surface area contributed by atoms with Crippen LogP contribution in [0.1, 0.15) is 10.4 Å². The number of piperazine rings is 1. The van der Waals surface area contributed by atoms with Crippen molar-refractivity contribution in [3.8, 4) is 0 Å². The van der Waals surface area contributed by atoms with Crippen LogP contribution in [0.2, 0.25) is 10.0 Å². The van der Waals surface area contributed by atoms with E-state index in [0.717, 1.165) is 23.7 Å². The molecule has 0 bridgehead atoms. The number of para-hydroxylation sites is 1. The molecule has 0 saturated carbocycles. The Labute approximate surface area is 176 Å². The van der Waals surface area contributed by atoms with Gasteiger partial charge in [-0.15, -0.1) is 11.8 Å². The van der Waals surface area contributed by atoms with Crippen LogP contribution in [-0.2, 0) is 0 Å². The molecule has 0 atom stereocenters. The van der Waals surface area contributed by atoms with Gasteiger partial charge in [0.05, 0.1) is 20.8 Å². The molecule has 1 aromatic heterocycles. The van der Waals surface area contributed by atoms with E-state index in [-0.39, 0.29) is 5.91 Å². The van der Waals surface area contributed by atoms with Gasteiger partial charge in [-0.25, -0.2) is 4.98 Å². The number of rotatable bonds is 3. The standard InChI is InChI=1S/C19H17Cl2N3OS2/c1-26-15-3-2-4-16-17(15)22-19(27-16)24-9-7-23(8-10-24)18(25)13-11-12(20)5-6-14(13)21/h2-6,11H,7-10H2,1H3. The predicted molar refractivity (Wildman–Crippen MR) is 116 cm³/mol. The van der Waals surface area contributed by atoms with Gasteiger partial charge in [-0.3, -0.25) is 4.79 Å². The molecule has 2 heterocycles. The second-order valence-corrected chi connectivity index (χ2v) is 8.91. The summed E-state index contributed by atoms with van der Waals surface area (Å²) in [7, 11) is 0. The van der Waals surface area contributed by atoms with Crippen molar-refractivity contribution in [2.75, 3.05) is 37.3 Å². The largest absolute Gasteiger partial charge is 0.345 e. The van der Waals surface area contributed by atoms with Gasteiger partial charge >= 0.3 is 0 Å². The van der Waals surface area contributed by atoms with Gasteiger partial charge in [0.2, 0.25) is 0 Å². The third-order valence-electron chi connectivity index (χ3n) is 4.59. The number of carbonyl (C=O) groups excluding carboxylic acids is 1. The SMILES string of the molecule is CSc1cccc2sc(N3CCN(C(=O)c4cc(Cl)ccc4Cl)CC3)nc12. The van der Waals surface area contributed by atoms with Gasteiger partial charge in [-0.05, 0) is 36.6 Å². The fourth-order valence-corrected chi connectivity index (χ4v) is 5.19. The first-order valence-corrected chi connectivity index (χ1v) is 11.3. The first-order valence-electron chi connectivity index (χ1n) is 8.49. The van der Waals surface area contributed by atoms with E-state index in [1.54, 1.807) is 41.3 Å². The summed E-state index contributed by atoms with van der Waals surface area (Å²) in [5.74, 6) is -0.0730. The maximum atomic E-state index is 12.8. The van der Waals surface area contributed by atoms with Crippen molar-refractivity contribution in [3.05, 3.63) is 52.0 Å². The molecule has 1 aliphatic heterocycles. The van der Waals surface area contributed by atoms with Crippen LogP contribution >= 0.6 is 46.3 Å². The number of nitrogens with zero attached hydrogens (tertiary/aromatic N) is 3. The molecule has 0 N–H and O–H groups in total. The molecule has 1 saturated heterocycles. The Kier molecular flexibility index (Phi) is 5.50. The van der Waals surface area contributed by atoms with Crippen molar-refractivity contribution in [2.24, 2.45) is 0 Å². The molecule has 27 heavy (non-hydrogen) atoms. The number of hydrogen-bond donors (Lipinski definition) is 0. The maximum absolute atomic E-state index is 12.8. The second-order valence-electron chi connectivity index (χ2n) is 6.21. The normalized spacial score (nSPS) is 14.8. The Morgan fingerprint density at radius 1 is 1.15 bits per heavy atom. The number of aromatic nitrogens is 1. The zero-order valence-corrected chi connectivity index (χ0v) is 17.8. The fraction of sp³-hybridized carbons (Fsp3) is 0.263. The number of hydrogen-bond acceptors (Lipinski definition) is 5. The average Bonchev–Trinajstić information content (AvgIpc) is 3.14. The summed E-state index contributed by atoms with van der Waals surface area (Å²) in [6, 6.07) is 11.3. The van der Waals surface area contributed by atoms with Crippen molar-refractivity contribution < 1.29 is 4.79 Å². The average molecular weight is 438 g/mol. The topological polar surface area (TPSA) is 36.4 Å². The van der Waals surface area contributed by atoms with Crippen LogP contribution in [0.5, 0.6) is 0 Å². The summed E-state index contributed by atoms with van der Waals surface area (Å²) in [6.07, 6.45) is 2.07. The van der Waals surface area contributed by atoms with E-state index in [1.807, 2.05) is 4.90 Å². The number of fused-ring (bicyclic) bond motifs is 1. The number of halogens is 2. The van der Waals surface area contributed by atoms with Gasteiger partial charge in [0.1, 0.15) is 0 Å². The van der Waals surface area contributed by atoms with Crippen LogP contribution in [0.15, 0.2) is 41.3 Å². The van der Waals surface area contributed by atoms with Gasteiger partial charge < -0.3 is 9.80 Å². The molecule has 1 amide bonds. The molecular formula is C19H17Cl2N3OS2. The Balaban J connectivity index is 1.49. The molecular weight excluding hydrogens is 421 g/mol. The van der Waals surface area contributed by atoms with Crippen molar-refractivity contribution in [2.45, 2.75) is 4.90 Å². The van der Waals surface area contributed by atoms with Crippen LogP contribution < -0.4 is 4.90 Å². The maximum Gasteiger partial charge on any atom is 0.255 e. The fourth-order valence-electron chi connectivity index (χ4n) is 3.14. The highest BCUT2D eigenvalue weighted by molar-refractivity contribution is 7.98. The summed E-state index contributed by atoms with van der Waals surface area (Å²) in [6.45, 7) is 2.76. The van der Waals surface area contributed by atoms with Crippen LogP contribution in [0.25, 0.3) is 10.2 Å². The van der Waals surface area contributed by atoms with E-state index in [0.29, 0.717) is 28.7 Å². The molecule has 0 unspecified atom stereocenters. The lowest BCUT2D eigenvalue weighted by Crippen LogP contribution is -2.48. The number of amides is 1. The lowest BCUT2D eigenvalue weighted by Gasteiger charge is -2.34. The van der Waals surface area contributed by atoms with E-state index >= 15 is 0 Å². The Hall–Kier alpha value is -1.47. The highest BCUT2D eigenvalue weighted by atomic mass is 35.5. The first kappa shape index (κ1) is 18.9. The minimum Gasteiger partial charge on any atom is -0.345 e. The number of benzene rings is 2. The zero-order chi connectivity index (χ0) is 19.0. The molecule has 0 spiro atoms. The van der Waals surface area contributed by atoms with Crippen molar-refractivity contribution in [3.63, 3.8) is 0 Å². The number of anilines is 1. The van der Waals surface area contributed by atoms with E-state index in [4.69, 9.17) is 28.2 Å². The monoisotopic (exact) mass is 437 g/mol. The third-order valence-corrected chi connectivity index (χ3v) is 7.00. The van der Waals surface area contributed by atoms with E-state index in [2.05, 4.69) is 29.4 Å². The minimum absolute atomic E-state index is 0.0730. The highest BCUT2D eigenvalue weighted by Crippen LogP contribution is 2.34.